The minimum Gasteiger partial charge on any atom is -0.493 e. The van der Waals surface area contributed by atoms with Crippen LogP contribution in [0.2, 0.25) is 5.02 Å². The molecule has 3 rings (SSSR count). The zero-order valence-corrected chi connectivity index (χ0v) is 24.3. The van der Waals surface area contributed by atoms with E-state index >= 15 is 0 Å². The second-order valence-corrected chi connectivity index (χ2v) is 8.94. The van der Waals surface area contributed by atoms with Gasteiger partial charge in [-0.2, -0.15) is 0 Å². The van der Waals surface area contributed by atoms with E-state index in [2.05, 4.69) is 15.3 Å². The molecule has 3 aromatic rings. The van der Waals surface area contributed by atoms with E-state index in [0.29, 0.717) is 83.9 Å². The fourth-order valence-electron chi connectivity index (χ4n) is 3.85. The summed E-state index contributed by atoms with van der Waals surface area (Å²) in [7, 11) is 1.54. The minimum absolute atomic E-state index is 0.229. The van der Waals surface area contributed by atoms with Crippen molar-refractivity contribution < 1.29 is 28.5 Å². The molecule has 1 N–H and O–H groups in total. The Morgan fingerprint density at radius 2 is 1.65 bits per heavy atom. The van der Waals surface area contributed by atoms with Crippen molar-refractivity contribution in [2.45, 2.75) is 34.1 Å². The van der Waals surface area contributed by atoms with E-state index in [9.17, 15) is 9.59 Å². The van der Waals surface area contributed by atoms with Crippen LogP contribution in [0.15, 0.2) is 36.7 Å². The van der Waals surface area contributed by atoms with Crippen molar-refractivity contribution >= 4 is 40.3 Å². The van der Waals surface area contributed by atoms with E-state index in [0.717, 1.165) is 0 Å². The number of carbonyl (C=O) groups excluding carboxylic acids is 2. The maximum atomic E-state index is 12.4. The summed E-state index contributed by atoms with van der Waals surface area (Å²) in [5, 5.41) is 3.74. The van der Waals surface area contributed by atoms with Crippen LogP contribution in [0.1, 0.15) is 34.1 Å². The van der Waals surface area contributed by atoms with E-state index in [1.807, 2.05) is 27.7 Å². The molecule has 0 bridgehead atoms. The lowest BCUT2D eigenvalue weighted by Gasteiger charge is -2.19. The molecule has 2 aromatic carbocycles. The van der Waals surface area contributed by atoms with E-state index in [1.165, 1.54) is 13.4 Å². The maximum absolute atomic E-state index is 12.4. The molecule has 0 radical (unpaired) electrons. The molecule has 0 atom stereocenters. The van der Waals surface area contributed by atoms with Crippen molar-refractivity contribution in [3.63, 3.8) is 0 Å². The van der Waals surface area contributed by atoms with E-state index in [4.69, 9.17) is 30.5 Å². The van der Waals surface area contributed by atoms with E-state index in [-0.39, 0.29) is 18.7 Å². The Balaban J connectivity index is 1.69. The van der Waals surface area contributed by atoms with Crippen molar-refractivity contribution in [3.05, 3.63) is 41.7 Å². The normalized spacial score (nSPS) is 10.7. The van der Waals surface area contributed by atoms with Crippen LogP contribution in [0, 0.1) is 0 Å². The Labute approximate surface area is 239 Å². The average Bonchev–Trinajstić information content (AvgIpc) is 2.95. The third kappa shape index (κ3) is 7.78. The van der Waals surface area contributed by atoms with Gasteiger partial charge >= 0.3 is 12.1 Å². The number of methoxy groups -OCH3 is 1. The number of benzene rings is 2. The molecule has 216 valence electrons. The topological polar surface area (TPSA) is 115 Å². The van der Waals surface area contributed by atoms with Gasteiger partial charge in [0.05, 0.1) is 41.9 Å². The Kier molecular flexibility index (Phi) is 11.4. The first kappa shape index (κ1) is 30.6. The van der Waals surface area contributed by atoms with Crippen LogP contribution in [0.5, 0.6) is 23.1 Å². The second-order valence-electron chi connectivity index (χ2n) is 8.53. The van der Waals surface area contributed by atoms with Crippen LogP contribution in [0.25, 0.3) is 10.9 Å². The number of fused-ring (bicyclic) bond motifs is 1. The number of anilines is 1. The lowest BCUT2D eigenvalue weighted by Crippen LogP contribution is -2.34. The monoisotopic (exact) mass is 573 g/mol. The van der Waals surface area contributed by atoms with Crippen LogP contribution in [0.4, 0.5) is 15.3 Å². The number of nitrogens with zero attached hydrogens (tertiary/aromatic N) is 4. The highest BCUT2D eigenvalue weighted by Crippen LogP contribution is 2.37. The summed E-state index contributed by atoms with van der Waals surface area (Å²) in [5.41, 5.74) is 1.06. The number of hydrogen-bond donors (Lipinski definition) is 1. The second kappa shape index (κ2) is 15.0. The molecule has 0 spiro atoms. The highest BCUT2D eigenvalue weighted by atomic mass is 35.5. The highest BCUT2D eigenvalue weighted by Gasteiger charge is 2.16. The maximum Gasteiger partial charge on any atom is 0.409 e. The standard InChI is InChI=1S/C28H36ClN5O6/c1-6-33(7-2)27(35)32-22-12-11-19(15-21(22)29)40-26-20-16-24(37-5)25(17-23(20)30-18-31-26)38-13-10-14-39-28(36)34(8-3)9-4/h11-12,15-18H,6-10,13-14H2,1-5H3,(H,32,35). The SMILES string of the molecule is CCN(CC)C(=O)Nc1ccc(Oc2ncnc3cc(OCCCOC(=O)N(CC)CC)c(OC)cc23)cc1Cl. The molecule has 1 aromatic heterocycles. The summed E-state index contributed by atoms with van der Waals surface area (Å²) < 4.78 is 22.7. The number of halogens is 1. The van der Waals surface area contributed by atoms with Crippen molar-refractivity contribution in [1.29, 1.82) is 0 Å². The summed E-state index contributed by atoms with van der Waals surface area (Å²) in [6.45, 7) is 10.6. The number of carbonyl (C=O) groups is 2. The fourth-order valence-corrected chi connectivity index (χ4v) is 4.06. The van der Waals surface area contributed by atoms with Crippen molar-refractivity contribution in [2.75, 3.05) is 51.8 Å². The van der Waals surface area contributed by atoms with Gasteiger partial charge in [-0.05, 0) is 45.9 Å². The molecule has 0 aliphatic heterocycles. The molecule has 0 saturated heterocycles. The van der Waals surface area contributed by atoms with E-state index in [1.54, 1.807) is 40.1 Å². The van der Waals surface area contributed by atoms with Gasteiger partial charge in [0.15, 0.2) is 11.5 Å². The lowest BCUT2D eigenvalue weighted by atomic mass is 10.2. The number of amides is 3. The molecule has 0 aliphatic rings. The quantitative estimate of drug-likeness (QED) is 0.240. The van der Waals surface area contributed by atoms with Gasteiger partial charge in [0, 0.05) is 44.7 Å². The number of urea groups is 1. The third-order valence-electron chi connectivity index (χ3n) is 6.12. The van der Waals surface area contributed by atoms with Gasteiger partial charge in [0.25, 0.3) is 0 Å². The van der Waals surface area contributed by atoms with Gasteiger partial charge in [-0.25, -0.2) is 19.6 Å². The summed E-state index contributed by atoms with van der Waals surface area (Å²) in [4.78, 5) is 36.2. The number of nitrogens with one attached hydrogen (secondary N) is 1. The predicted octanol–water partition coefficient (Wildman–Crippen LogP) is 6.21. The van der Waals surface area contributed by atoms with Gasteiger partial charge in [-0.15, -0.1) is 0 Å². The number of hydrogen-bond acceptors (Lipinski definition) is 8. The molecule has 11 nitrogen and oxygen atoms in total. The molecule has 1 heterocycles. The summed E-state index contributed by atoms with van der Waals surface area (Å²) in [5.74, 6) is 1.70. The zero-order chi connectivity index (χ0) is 29.1. The van der Waals surface area contributed by atoms with Crippen LogP contribution < -0.4 is 19.5 Å². The summed E-state index contributed by atoms with van der Waals surface area (Å²) in [6, 6.07) is 8.22. The lowest BCUT2D eigenvalue weighted by molar-refractivity contribution is 0.100. The van der Waals surface area contributed by atoms with Crippen LogP contribution >= 0.6 is 11.6 Å². The van der Waals surface area contributed by atoms with Gasteiger partial charge in [-0.1, -0.05) is 11.6 Å². The molecule has 0 unspecified atom stereocenters. The smallest absolute Gasteiger partial charge is 0.409 e. The van der Waals surface area contributed by atoms with Crippen LogP contribution in [-0.2, 0) is 4.74 Å². The first-order valence-corrected chi connectivity index (χ1v) is 13.6. The summed E-state index contributed by atoms with van der Waals surface area (Å²) >= 11 is 6.42. The molecule has 0 fully saturated rings. The van der Waals surface area contributed by atoms with Gasteiger partial charge in [-0.3, -0.25) is 0 Å². The molecular formula is C28H36ClN5O6. The molecular weight excluding hydrogens is 538 g/mol. The summed E-state index contributed by atoms with van der Waals surface area (Å²) in [6.07, 6.45) is 1.57. The fraction of sp³-hybridized carbons (Fsp3) is 0.429. The van der Waals surface area contributed by atoms with Crippen molar-refractivity contribution in [3.8, 4) is 23.1 Å². The highest BCUT2D eigenvalue weighted by molar-refractivity contribution is 6.33. The molecule has 40 heavy (non-hydrogen) atoms. The molecule has 0 aliphatic carbocycles. The number of aromatic nitrogens is 2. The van der Waals surface area contributed by atoms with Crippen molar-refractivity contribution in [1.82, 2.24) is 19.8 Å². The first-order valence-electron chi connectivity index (χ1n) is 13.3. The first-order chi connectivity index (χ1) is 19.3. The van der Waals surface area contributed by atoms with Gasteiger partial charge in [0.1, 0.15) is 12.1 Å². The Hall–Kier alpha value is -3.99. The van der Waals surface area contributed by atoms with Crippen LogP contribution in [0.3, 0.4) is 0 Å². The Morgan fingerprint density at radius 3 is 2.30 bits per heavy atom. The van der Waals surface area contributed by atoms with Gasteiger partial charge in [0.2, 0.25) is 5.88 Å². The van der Waals surface area contributed by atoms with Crippen LogP contribution in [-0.4, -0.2) is 78.4 Å². The number of ether oxygens (including phenoxy) is 4. The number of rotatable bonds is 13. The molecule has 12 heteroatoms. The minimum atomic E-state index is -0.335. The van der Waals surface area contributed by atoms with Gasteiger partial charge < -0.3 is 34.1 Å². The molecule has 3 amide bonds. The molecule has 0 saturated carbocycles. The van der Waals surface area contributed by atoms with E-state index < -0.39 is 0 Å². The predicted molar refractivity (Wildman–Crippen MR) is 154 cm³/mol. The zero-order valence-electron chi connectivity index (χ0n) is 23.5. The Morgan fingerprint density at radius 1 is 0.925 bits per heavy atom. The Bertz CT molecular complexity index is 1300. The largest absolute Gasteiger partial charge is 0.493 e. The third-order valence-corrected chi connectivity index (χ3v) is 6.44. The average molecular weight is 574 g/mol. The van der Waals surface area contributed by atoms with Crippen molar-refractivity contribution in [2.24, 2.45) is 0 Å².